The number of hydrogen-bond donors (Lipinski definition) is 0. The first-order chi connectivity index (χ1) is 10.1. The SMILES string of the molecule is COc1ccc2c(c1)SC[C@H]1[C@H]3CCC(=O)[C@]3(C)CC[C@@H]21. The van der Waals surface area contributed by atoms with Gasteiger partial charge < -0.3 is 4.74 Å². The van der Waals surface area contributed by atoms with Crippen molar-refractivity contribution in [1.82, 2.24) is 0 Å². The smallest absolute Gasteiger partial charge is 0.139 e. The third kappa shape index (κ3) is 1.89. The van der Waals surface area contributed by atoms with Crippen LogP contribution in [0.3, 0.4) is 0 Å². The number of benzene rings is 1. The van der Waals surface area contributed by atoms with Gasteiger partial charge in [-0.2, -0.15) is 0 Å². The summed E-state index contributed by atoms with van der Waals surface area (Å²) in [4.78, 5) is 13.7. The Morgan fingerprint density at radius 3 is 3.00 bits per heavy atom. The first-order valence-corrected chi connectivity index (χ1v) is 8.96. The maximum absolute atomic E-state index is 12.3. The van der Waals surface area contributed by atoms with Gasteiger partial charge in [0.2, 0.25) is 0 Å². The minimum atomic E-state index is -0.0221. The van der Waals surface area contributed by atoms with Gasteiger partial charge >= 0.3 is 0 Å². The lowest BCUT2D eigenvalue weighted by atomic mass is 9.59. The fourth-order valence-electron chi connectivity index (χ4n) is 4.94. The molecule has 2 aliphatic carbocycles. The van der Waals surface area contributed by atoms with E-state index in [0.717, 1.165) is 25.0 Å². The number of ketones is 1. The van der Waals surface area contributed by atoms with Gasteiger partial charge in [-0.05, 0) is 54.7 Å². The van der Waals surface area contributed by atoms with Crippen LogP contribution in [-0.4, -0.2) is 18.6 Å². The number of Topliss-reactive ketones (excluding diaryl/α,β-unsaturated/α-hetero) is 1. The quantitative estimate of drug-likeness (QED) is 0.774. The molecule has 0 radical (unpaired) electrons. The number of fused-ring (bicyclic) bond motifs is 5. The number of carbonyl (C=O) groups excluding carboxylic acids is 1. The molecular formula is C18H22O2S. The van der Waals surface area contributed by atoms with E-state index in [9.17, 15) is 4.79 Å². The average Bonchev–Trinajstić information content (AvgIpc) is 2.82. The molecule has 0 aromatic heterocycles. The van der Waals surface area contributed by atoms with Crippen molar-refractivity contribution in [3.63, 3.8) is 0 Å². The van der Waals surface area contributed by atoms with Gasteiger partial charge in [0.1, 0.15) is 11.5 Å². The molecule has 0 amide bonds. The van der Waals surface area contributed by atoms with Crippen molar-refractivity contribution in [2.45, 2.75) is 43.4 Å². The summed E-state index contributed by atoms with van der Waals surface area (Å²) in [7, 11) is 1.73. The number of hydrogen-bond acceptors (Lipinski definition) is 3. The number of rotatable bonds is 1. The van der Waals surface area contributed by atoms with Crippen LogP contribution in [0, 0.1) is 17.3 Å². The Balaban J connectivity index is 1.70. The predicted molar refractivity (Wildman–Crippen MR) is 85.0 cm³/mol. The maximum atomic E-state index is 12.3. The van der Waals surface area contributed by atoms with E-state index in [4.69, 9.17) is 4.74 Å². The Labute approximate surface area is 130 Å². The molecular weight excluding hydrogens is 280 g/mol. The van der Waals surface area contributed by atoms with Crippen LogP contribution in [-0.2, 0) is 4.79 Å². The fourth-order valence-corrected chi connectivity index (χ4v) is 6.36. The molecule has 0 spiro atoms. The monoisotopic (exact) mass is 302 g/mol. The molecule has 0 unspecified atom stereocenters. The molecule has 1 aromatic carbocycles. The van der Waals surface area contributed by atoms with Crippen LogP contribution in [0.1, 0.15) is 44.1 Å². The van der Waals surface area contributed by atoms with Crippen LogP contribution >= 0.6 is 11.8 Å². The van der Waals surface area contributed by atoms with Crippen LogP contribution < -0.4 is 4.74 Å². The molecule has 3 aliphatic rings. The second-order valence-electron chi connectivity index (χ2n) is 7.01. The summed E-state index contributed by atoms with van der Waals surface area (Å²) >= 11 is 1.96. The van der Waals surface area contributed by atoms with E-state index < -0.39 is 0 Å². The molecule has 2 saturated carbocycles. The van der Waals surface area contributed by atoms with Crippen LogP contribution in [0.5, 0.6) is 5.75 Å². The molecule has 2 nitrogen and oxygen atoms in total. The third-order valence-electron chi connectivity index (χ3n) is 6.20. The van der Waals surface area contributed by atoms with Gasteiger partial charge in [0.05, 0.1) is 7.11 Å². The van der Waals surface area contributed by atoms with Crippen LogP contribution in [0.2, 0.25) is 0 Å². The summed E-state index contributed by atoms with van der Waals surface area (Å²) in [5.74, 6) is 4.58. The van der Waals surface area contributed by atoms with Gasteiger partial charge in [-0.25, -0.2) is 0 Å². The highest BCUT2D eigenvalue weighted by molar-refractivity contribution is 7.99. The fraction of sp³-hybridized carbons (Fsp3) is 0.611. The van der Waals surface area contributed by atoms with Gasteiger partial charge in [0, 0.05) is 22.5 Å². The second kappa shape index (κ2) is 4.77. The molecule has 0 bridgehead atoms. The van der Waals surface area contributed by atoms with E-state index in [1.54, 1.807) is 7.11 Å². The van der Waals surface area contributed by atoms with E-state index in [1.165, 1.54) is 22.6 Å². The Kier molecular flexibility index (Phi) is 3.11. The Morgan fingerprint density at radius 1 is 1.33 bits per heavy atom. The van der Waals surface area contributed by atoms with Gasteiger partial charge in [-0.3, -0.25) is 4.79 Å². The summed E-state index contributed by atoms with van der Waals surface area (Å²) in [6.45, 7) is 2.23. The van der Waals surface area contributed by atoms with E-state index in [0.29, 0.717) is 23.5 Å². The molecule has 112 valence electrons. The van der Waals surface area contributed by atoms with Gasteiger partial charge in [-0.1, -0.05) is 13.0 Å². The summed E-state index contributed by atoms with van der Waals surface area (Å²) in [5, 5.41) is 0. The highest BCUT2D eigenvalue weighted by Crippen LogP contribution is 2.60. The zero-order valence-corrected chi connectivity index (χ0v) is 13.5. The molecule has 2 fully saturated rings. The second-order valence-corrected chi connectivity index (χ2v) is 8.07. The lowest BCUT2D eigenvalue weighted by Gasteiger charge is -2.47. The van der Waals surface area contributed by atoms with Crippen molar-refractivity contribution in [3.8, 4) is 5.75 Å². The van der Waals surface area contributed by atoms with E-state index >= 15 is 0 Å². The van der Waals surface area contributed by atoms with Crippen LogP contribution in [0.4, 0.5) is 0 Å². The Morgan fingerprint density at radius 2 is 2.19 bits per heavy atom. The van der Waals surface area contributed by atoms with Gasteiger partial charge in [0.15, 0.2) is 0 Å². The van der Waals surface area contributed by atoms with Crippen LogP contribution in [0.25, 0.3) is 0 Å². The van der Waals surface area contributed by atoms with Crippen molar-refractivity contribution in [1.29, 1.82) is 0 Å². The summed E-state index contributed by atoms with van der Waals surface area (Å²) < 4.78 is 5.36. The van der Waals surface area contributed by atoms with Crippen molar-refractivity contribution >= 4 is 17.5 Å². The normalized spacial score (nSPS) is 37.6. The zero-order valence-electron chi connectivity index (χ0n) is 12.7. The molecule has 1 aliphatic heterocycles. The van der Waals surface area contributed by atoms with E-state index in [-0.39, 0.29) is 5.41 Å². The standard InChI is InChI=1S/C18H22O2S/c1-18-8-7-12-13-4-3-11(20-2)9-16(13)21-10-14(12)15(18)5-6-17(18)19/h3-4,9,12,14-15H,5-8,10H2,1-2H3/t12-,14+,15+,18+/m0/s1. The molecule has 4 rings (SSSR count). The number of ether oxygens (including phenoxy) is 1. The highest BCUT2D eigenvalue weighted by Gasteiger charge is 2.54. The predicted octanol–water partition coefficient (Wildman–Crippen LogP) is 4.28. The Bertz CT molecular complexity index is 597. The Hall–Kier alpha value is -0.960. The average molecular weight is 302 g/mol. The molecule has 3 heteroatoms. The van der Waals surface area contributed by atoms with Gasteiger partial charge in [0.25, 0.3) is 0 Å². The minimum Gasteiger partial charge on any atom is -0.497 e. The topological polar surface area (TPSA) is 26.3 Å². The molecule has 0 N–H and O–H groups in total. The van der Waals surface area contributed by atoms with Crippen molar-refractivity contribution in [3.05, 3.63) is 23.8 Å². The van der Waals surface area contributed by atoms with Gasteiger partial charge in [-0.15, -0.1) is 11.8 Å². The zero-order chi connectivity index (χ0) is 14.6. The molecule has 4 atom stereocenters. The first kappa shape index (κ1) is 13.7. The van der Waals surface area contributed by atoms with E-state index in [1.807, 2.05) is 11.8 Å². The summed E-state index contributed by atoms with van der Waals surface area (Å²) in [6, 6.07) is 6.54. The number of thioether (sulfide) groups is 1. The molecule has 1 heterocycles. The maximum Gasteiger partial charge on any atom is 0.139 e. The summed E-state index contributed by atoms with van der Waals surface area (Å²) in [6.07, 6.45) is 4.17. The lowest BCUT2D eigenvalue weighted by Crippen LogP contribution is -2.42. The van der Waals surface area contributed by atoms with Crippen LogP contribution in [0.15, 0.2) is 23.1 Å². The highest BCUT2D eigenvalue weighted by atomic mass is 32.2. The van der Waals surface area contributed by atoms with Crippen molar-refractivity contribution < 1.29 is 9.53 Å². The number of carbonyl (C=O) groups is 1. The minimum absolute atomic E-state index is 0.0221. The lowest BCUT2D eigenvalue weighted by molar-refractivity contribution is -0.128. The van der Waals surface area contributed by atoms with Crippen molar-refractivity contribution in [2.75, 3.05) is 12.9 Å². The van der Waals surface area contributed by atoms with E-state index in [2.05, 4.69) is 25.1 Å². The third-order valence-corrected chi connectivity index (χ3v) is 7.41. The summed E-state index contributed by atoms with van der Waals surface area (Å²) in [5.41, 5.74) is 1.48. The van der Waals surface area contributed by atoms with Crippen molar-refractivity contribution in [2.24, 2.45) is 17.3 Å². The number of methoxy groups -OCH3 is 1. The molecule has 1 aromatic rings. The molecule has 21 heavy (non-hydrogen) atoms. The largest absolute Gasteiger partial charge is 0.497 e. The molecule has 0 saturated heterocycles. The first-order valence-electron chi connectivity index (χ1n) is 7.97.